The Balaban J connectivity index is 0. The third kappa shape index (κ3) is 11.5. The van der Waals surface area contributed by atoms with Gasteiger partial charge in [-0.1, -0.05) is 19.8 Å². The number of hydrogen-bond acceptors (Lipinski definition) is 1. The predicted octanol–water partition coefficient (Wildman–Crippen LogP) is 1.65. The van der Waals surface area contributed by atoms with Crippen molar-refractivity contribution < 1.29 is 27.0 Å². The molecule has 0 fully saturated rings. The number of hydrogen-bond donors (Lipinski definition) is 1. The van der Waals surface area contributed by atoms with Gasteiger partial charge < -0.3 is 5.11 Å². The van der Waals surface area contributed by atoms with Gasteiger partial charge in [-0.25, -0.2) is 0 Å². The second-order valence-electron chi connectivity index (χ2n) is 1.85. The molecule has 0 aliphatic carbocycles. The van der Waals surface area contributed by atoms with Crippen molar-refractivity contribution in [2.45, 2.75) is 32.6 Å². The first-order valence-corrected chi connectivity index (χ1v) is 2.99. The maximum atomic E-state index is 9.87. The van der Waals surface area contributed by atoms with Crippen molar-refractivity contribution in [3.8, 4) is 0 Å². The molecular formula is C6H12MnO2. The first-order chi connectivity index (χ1) is 3.77. The van der Waals surface area contributed by atoms with Crippen LogP contribution in [0.3, 0.4) is 0 Å². The van der Waals surface area contributed by atoms with E-state index in [9.17, 15) is 4.79 Å². The molecule has 55 valence electrons. The Labute approximate surface area is 66.1 Å². The van der Waals surface area contributed by atoms with Gasteiger partial charge in [-0.15, -0.1) is 0 Å². The number of rotatable bonds is 4. The van der Waals surface area contributed by atoms with Crippen LogP contribution in [0.1, 0.15) is 32.6 Å². The SMILES string of the molecule is CCCCCC(=O)O.[Mn]. The quantitative estimate of drug-likeness (QED) is 0.515. The molecule has 0 aromatic heterocycles. The van der Waals surface area contributed by atoms with Crippen LogP contribution in [0.4, 0.5) is 0 Å². The summed E-state index contributed by atoms with van der Waals surface area (Å²) in [6.45, 7) is 2.06. The molecule has 0 aromatic carbocycles. The Bertz CT molecular complexity index is 73.5. The summed E-state index contributed by atoms with van der Waals surface area (Å²) in [6.07, 6.45) is 3.28. The minimum Gasteiger partial charge on any atom is -0.481 e. The fourth-order valence-electron chi connectivity index (χ4n) is 0.526. The molecule has 0 atom stereocenters. The minimum atomic E-state index is -0.682. The first kappa shape index (κ1) is 11.7. The van der Waals surface area contributed by atoms with E-state index in [1.807, 2.05) is 0 Å². The molecule has 0 saturated carbocycles. The molecule has 2 nitrogen and oxygen atoms in total. The van der Waals surface area contributed by atoms with Crippen LogP contribution in [0, 0.1) is 0 Å². The molecule has 0 heterocycles. The maximum absolute atomic E-state index is 9.87. The van der Waals surface area contributed by atoms with E-state index in [0.717, 1.165) is 19.3 Å². The molecule has 0 aromatic rings. The summed E-state index contributed by atoms with van der Waals surface area (Å²) in [5.41, 5.74) is 0. The van der Waals surface area contributed by atoms with Gasteiger partial charge in [0.2, 0.25) is 0 Å². The van der Waals surface area contributed by atoms with E-state index in [0.29, 0.717) is 6.42 Å². The maximum Gasteiger partial charge on any atom is 0.303 e. The first-order valence-electron chi connectivity index (χ1n) is 2.99. The van der Waals surface area contributed by atoms with Crippen molar-refractivity contribution in [2.24, 2.45) is 0 Å². The van der Waals surface area contributed by atoms with Crippen LogP contribution in [0.5, 0.6) is 0 Å². The zero-order chi connectivity index (χ0) is 6.41. The van der Waals surface area contributed by atoms with Crippen molar-refractivity contribution in [3.05, 3.63) is 0 Å². The van der Waals surface area contributed by atoms with E-state index >= 15 is 0 Å². The van der Waals surface area contributed by atoms with Crippen molar-refractivity contribution >= 4 is 5.97 Å². The summed E-state index contributed by atoms with van der Waals surface area (Å²) in [4.78, 5) is 9.87. The van der Waals surface area contributed by atoms with Gasteiger partial charge in [0.25, 0.3) is 0 Å². The Kier molecular flexibility index (Phi) is 10.4. The van der Waals surface area contributed by atoms with Crippen LogP contribution in [0.25, 0.3) is 0 Å². The molecule has 0 bridgehead atoms. The van der Waals surface area contributed by atoms with Crippen molar-refractivity contribution in [3.63, 3.8) is 0 Å². The van der Waals surface area contributed by atoms with Crippen LogP contribution in [0.2, 0.25) is 0 Å². The molecule has 0 spiro atoms. The number of carboxylic acid groups (broad SMARTS) is 1. The third-order valence-electron chi connectivity index (χ3n) is 0.994. The van der Waals surface area contributed by atoms with E-state index < -0.39 is 5.97 Å². The van der Waals surface area contributed by atoms with Gasteiger partial charge in [-0.2, -0.15) is 0 Å². The van der Waals surface area contributed by atoms with E-state index in [4.69, 9.17) is 5.11 Å². The summed E-state index contributed by atoms with van der Waals surface area (Å²) in [7, 11) is 0. The summed E-state index contributed by atoms with van der Waals surface area (Å²) >= 11 is 0. The Hall–Kier alpha value is -0.0105. The second kappa shape index (κ2) is 7.99. The molecule has 0 rings (SSSR count). The normalized spacial score (nSPS) is 8.11. The van der Waals surface area contributed by atoms with Gasteiger partial charge in [0.1, 0.15) is 0 Å². The van der Waals surface area contributed by atoms with Crippen LogP contribution in [-0.2, 0) is 21.9 Å². The van der Waals surface area contributed by atoms with Gasteiger partial charge in [-0.05, 0) is 6.42 Å². The number of carbonyl (C=O) groups is 1. The minimum absolute atomic E-state index is 0. The summed E-state index contributed by atoms with van der Waals surface area (Å²) in [5.74, 6) is -0.682. The van der Waals surface area contributed by atoms with Crippen LogP contribution in [0.15, 0.2) is 0 Å². The second-order valence-corrected chi connectivity index (χ2v) is 1.85. The molecule has 1 N–H and O–H groups in total. The average molecular weight is 171 g/mol. The predicted molar refractivity (Wildman–Crippen MR) is 31.8 cm³/mol. The van der Waals surface area contributed by atoms with E-state index in [-0.39, 0.29) is 17.1 Å². The smallest absolute Gasteiger partial charge is 0.303 e. The Morgan fingerprint density at radius 1 is 1.44 bits per heavy atom. The monoisotopic (exact) mass is 171 g/mol. The number of aliphatic carboxylic acids is 1. The van der Waals surface area contributed by atoms with Gasteiger partial charge in [0, 0.05) is 23.5 Å². The summed E-state index contributed by atoms with van der Waals surface area (Å²) < 4.78 is 0. The van der Waals surface area contributed by atoms with Crippen LogP contribution in [-0.4, -0.2) is 11.1 Å². The molecule has 3 heteroatoms. The van der Waals surface area contributed by atoms with Gasteiger partial charge in [-0.3, -0.25) is 4.79 Å². The van der Waals surface area contributed by atoms with E-state index in [1.165, 1.54) is 0 Å². The molecule has 0 aliphatic rings. The Morgan fingerprint density at radius 2 is 2.00 bits per heavy atom. The zero-order valence-corrected chi connectivity index (χ0v) is 6.74. The molecule has 0 unspecified atom stereocenters. The average Bonchev–Trinajstić information content (AvgIpc) is 1.66. The molecule has 9 heavy (non-hydrogen) atoms. The van der Waals surface area contributed by atoms with Gasteiger partial charge in [0.05, 0.1) is 0 Å². The number of unbranched alkanes of at least 4 members (excludes halogenated alkanes) is 2. The van der Waals surface area contributed by atoms with Crippen LogP contribution >= 0.6 is 0 Å². The molecule has 0 saturated heterocycles. The third-order valence-corrected chi connectivity index (χ3v) is 0.994. The van der Waals surface area contributed by atoms with Crippen molar-refractivity contribution in [1.29, 1.82) is 0 Å². The molecular weight excluding hydrogens is 159 g/mol. The largest absolute Gasteiger partial charge is 0.481 e. The van der Waals surface area contributed by atoms with Crippen molar-refractivity contribution in [2.75, 3.05) is 0 Å². The fourth-order valence-corrected chi connectivity index (χ4v) is 0.526. The molecule has 0 aliphatic heterocycles. The zero-order valence-electron chi connectivity index (χ0n) is 5.56. The Morgan fingerprint density at radius 3 is 2.33 bits per heavy atom. The van der Waals surface area contributed by atoms with Gasteiger partial charge in [0.15, 0.2) is 0 Å². The molecule has 0 amide bonds. The van der Waals surface area contributed by atoms with E-state index in [1.54, 1.807) is 0 Å². The van der Waals surface area contributed by atoms with Crippen molar-refractivity contribution in [1.82, 2.24) is 0 Å². The van der Waals surface area contributed by atoms with Crippen LogP contribution < -0.4 is 0 Å². The molecule has 1 radical (unpaired) electrons. The summed E-state index contributed by atoms with van der Waals surface area (Å²) in [5, 5.41) is 8.14. The fraction of sp³-hybridized carbons (Fsp3) is 0.833. The van der Waals surface area contributed by atoms with E-state index in [2.05, 4.69) is 6.92 Å². The van der Waals surface area contributed by atoms with Gasteiger partial charge >= 0.3 is 5.97 Å². The topological polar surface area (TPSA) is 37.3 Å². The number of carboxylic acids is 1. The summed E-state index contributed by atoms with van der Waals surface area (Å²) in [6, 6.07) is 0. The standard InChI is InChI=1S/C6H12O2.Mn/c1-2-3-4-5-6(7)8;/h2-5H2,1H3,(H,7,8);.